The molecular weight excluding hydrogens is 290 g/mol. The highest BCUT2D eigenvalue weighted by atomic mass is 32.2. The number of nitrogens with one attached hydrogen (secondary N) is 1. The van der Waals surface area contributed by atoms with Crippen LogP contribution < -0.4 is 16.2 Å². The van der Waals surface area contributed by atoms with Crippen molar-refractivity contribution in [1.82, 2.24) is 5.32 Å². The number of carbonyl (C=O) groups excluding carboxylic acids is 1. The van der Waals surface area contributed by atoms with Crippen LogP contribution in [0.4, 0.5) is 0 Å². The first kappa shape index (κ1) is 15.9. The molecule has 7 heteroatoms. The minimum atomic E-state index is -3.68. The van der Waals surface area contributed by atoms with Gasteiger partial charge in [-0.3, -0.25) is 4.79 Å². The monoisotopic (exact) mass is 311 g/mol. The maximum absolute atomic E-state index is 12.1. The first-order valence-electron chi connectivity index (χ1n) is 7.01. The van der Waals surface area contributed by atoms with Gasteiger partial charge in [0.05, 0.1) is 4.90 Å². The minimum Gasteiger partial charge on any atom is -0.352 e. The normalized spacial score (nSPS) is 22.2. The van der Waals surface area contributed by atoms with E-state index in [0.717, 1.165) is 24.8 Å². The minimum absolute atomic E-state index is 0.00121. The molecule has 116 valence electrons. The molecule has 0 aliphatic heterocycles. The number of hydrogen-bond acceptors (Lipinski definition) is 4. The third-order valence-corrected chi connectivity index (χ3v) is 4.95. The van der Waals surface area contributed by atoms with E-state index in [1.807, 2.05) is 0 Å². The first-order valence-corrected chi connectivity index (χ1v) is 8.56. The zero-order valence-corrected chi connectivity index (χ0v) is 12.6. The van der Waals surface area contributed by atoms with E-state index in [1.54, 1.807) is 12.1 Å². The second kappa shape index (κ2) is 6.55. The maximum Gasteiger partial charge on any atom is 0.238 e. The zero-order chi connectivity index (χ0) is 15.5. The lowest BCUT2D eigenvalue weighted by atomic mass is 9.95. The highest BCUT2D eigenvalue weighted by Crippen LogP contribution is 2.30. The van der Waals surface area contributed by atoms with Gasteiger partial charge in [-0.05, 0) is 43.0 Å². The largest absolute Gasteiger partial charge is 0.352 e. The Hall–Kier alpha value is -1.44. The highest BCUT2D eigenvalue weighted by Gasteiger charge is 2.31. The Morgan fingerprint density at radius 3 is 2.48 bits per heavy atom. The van der Waals surface area contributed by atoms with Gasteiger partial charge in [0.25, 0.3) is 0 Å². The van der Waals surface area contributed by atoms with E-state index in [0.29, 0.717) is 13.1 Å². The van der Waals surface area contributed by atoms with Crippen LogP contribution in [0.5, 0.6) is 0 Å². The predicted octanol–water partition coefficient (Wildman–Crippen LogP) is 0.325. The summed E-state index contributed by atoms with van der Waals surface area (Å²) in [5, 5.41) is 7.92. The average molecular weight is 311 g/mol. The molecule has 1 amide bonds. The van der Waals surface area contributed by atoms with Crippen molar-refractivity contribution in [2.24, 2.45) is 22.7 Å². The van der Waals surface area contributed by atoms with Gasteiger partial charge in [0.15, 0.2) is 0 Å². The van der Waals surface area contributed by atoms with Crippen molar-refractivity contribution in [1.29, 1.82) is 0 Å². The summed E-state index contributed by atoms with van der Waals surface area (Å²) in [6.07, 6.45) is 2.94. The third kappa shape index (κ3) is 4.03. The molecule has 1 saturated carbocycles. The van der Waals surface area contributed by atoms with Crippen LogP contribution in [0.1, 0.15) is 24.8 Å². The van der Waals surface area contributed by atoms with Crippen molar-refractivity contribution in [3.05, 3.63) is 29.8 Å². The van der Waals surface area contributed by atoms with E-state index in [9.17, 15) is 13.2 Å². The van der Waals surface area contributed by atoms with E-state index >= 15 is 0 Å². The Bertz CT molecular complexity index is 598. The SMILES string of the molecule is NCC1CCCC1C(=O)NCc1ccc(S(N)(=O)=O)cc1. The molecule has 0 aromatic heterocycles. The van der Waals surface area contributed by atoms with Gasteiger partial charge in [-0.2, -0.15) is 0 Å². The molecule has 2 atom stereocenters. The summed E-state index contributed by atoms with van der Waals surface area (Å²) in [6.45, 7) is 0.915. The molecule has 2 rings (SSSR count). The molecule has 0 heterocycles. The number of primary sulfonamides is 1. The van der Waals surface area contributed by atoms with Gasteiger partial charge in [0.2, 0.25) is 15.9 Å². The quantitative estimate of drug-likeness (QED) is 0.726. The predicted molar refractivity (Wildman–Crippen MR) is 79.5 cm³/mol. The lowest BCUT2D eigenvalue weighted by Gasteiger charge is -2.17. The van der Waals surface area contributed by atoms with E-state index < -0.39 is 10.0 Å². The molecule has 1 aromatic carbocycles. The van der Waals surface area contributed by atoms with Gasteiger partial charge in [-0.25, -0.2) is 13.6 Å². The molecule has 1 aliphatic carbocycles. The summed E-state index contributed by atoms with van der Waals surface area (Å²) in [5.41, 5.74) is 6.51. The van der Waals surface area contributed by atoms with E-state index in [4.69, 9.17) is 10.9 Å². The van der Waals surface area contributed by atoms with Crippen molar-refractivity contribution in [2.45, 2.75) is 30.7 Å². The molecule has 21 heavy (non-hydrogen) atoms. The van der Waals surface area contributed by atoms with Crippen LogP contribution in [0.2, 0.25) is 0 Å². The number of hydrogen-bond donors (Lipinski definition) is 3. The summed E-state index contributed by atoms with van der Waals surface area (Å²) in [7, 11) is -3.68. The Balaban J connectivity index is 1.92. The van der Waals surface area contributed by atoms with E-state index in [1.165, 1.54) is 12.1 Å². The molecule has 2 unspecified atom stereocenters. The third-order valence-electron chi connectivity index (χ3n) is 4.02. The number of amides is 1. The highest BCUT2D eigenvalue weighted by molar-refractivity contribution is 7.89. The fourth-order valence-corrected chi connectivity index (χ4v) is 3.30. The Morgan fingerprint density at radius 1 is 1.24 bits per heavy atom. The molecule has 0 saturated heterocycles. The number of sulfonamides is 1. The summed E-state index contributed by atoms with van der Waals surface area (Å²) in [4.78, 5) is 12.2. The summed E-state index contributed by atoms with van der Waals surface area (Å²) >= 11 is 0. The number of carbonyl (C=O) groups is 1. The molecule has 6 nitrogen and oxygen atoms in total. The van der Waals surface area contributed by atoms with Crippen molar-refractivity contribution in [3.63, 3.8) is 0 Å². The van der Waals surface area contributed by atoms with Crippen LogP contribution in [-0.4, -0.2) is 20.9 Å². The number of nitrogens with two attached hydrogens (primary N) is 2. The molecule has 1 fully saturated rings. The van der Waals surface area contributed by atoms with Gasteiger partial charge in [-0.15, -0.1) is 0 Å². The molecule has 1 aromatic rings. The molecular formula is C14H21N3O3S. The summed E-state index contributed by atoms with van der Waals surface area (Å²) < 4.78 is 22.3. The molecule has 0 spiro atoms. The standard InChI is InChI=1S/C14H21N3O3S/c15-8-11-2-1-3-13(11)14(18)17-9-10-4-6-12(7-5-10)21(16,19)20/h4-7,11,13H,1-3,8-9,15H2,(H,17,18)(H2,16,19,20). The van der Waals surface area contributed by atoms with Crippen LogP contribution in [0, 0.1) is 11.8 Å². The topological polar surface area (TPSA) is 115 Å². The smallest absolute Gasteiger partial charge is 0.238 e. The van der Waals surface area contributed by atoms with Crippen molar-refractivity contribution >= 4 is 15.9 Å². The lowest BCUT2D eigenvalue weighted by Crippen LogP contribution is -2.34. The van der Waals surface area contributed by atoms with Gasteiger partial charge >= 0.3 is 0 Å². The fourth-order valence-electron chi connectivity index (χ4n) is 2.78. The van der Waals surface area contributed by atoms with Gasteiger partial charge in [0, 0.05) is 12.5 Å². The molecule has 0 bridgehead atoms. The van der Waals surface area contributed by atoms with E-state index in [2.05, 4.69) is 5.32 Å². The van der Waals surface area contributed by atoms with Crippen LogP contribution in [0.25, 0.3) is 0 Å². The van der Waals surface area contributed by atoms with Crippen LogP contribution in [0.3, 0.4) is 0 Å². The maximum atomic E-state index is 12.1. The van der Waals surface area contributed by atoms with Gasteiger partial charge in [0.1, 0.15) is 0 Å². The first-order chi connectivity index (χ1) is 9.91. The lowest BCUT2D eigenvalue weighted by molar-refractivity contribution is -0.126. The van der Waals surface area contributed by atoms with Gasteiger partial charge in [-0.1, -0.05) is 18.6 Å². The number of rotatable bonds is 5. The van der Waals surface area contributed by atoms with Crippen LogP contribution in [-0.2, 0) is 21.4 Å². The molecule has 5 N–H and O–H groups in total. The van der Waals surface area contributed by atoms with E-state index in [-0.39, 0.29) is 22.6 Å². The Morgan fingerprint density at radius 2 is 1.90 bits per heavy atom. The summed E-state index contributed by atoms with van der Waals surface area (Å²) in [5.74, 6) is 0.298. The summed E-state index contributed by atoms with van der Waals surface area (Å²) in [6, 6.07) is 6.17. The van der Waals surface area contributed by atoms with Crippen molar-refractivity contribution in [2.75, 3.05) is 6.54 Å². The second-order valence-electron chi connectivity index (χ2n) is 5.44. The Kier molecular flexibility index (Phi) is 4.97. The van der Waals surface area contributed by atoms with Crippen LogP contribution in [0.15, 0.2) is 29.2 Å². The fraction of sp³-hybridized carbons (Fsp3) is 0.500. The second-order valence-corrected chi connectivity index (χ2v) is 7.00. The zero-order valence-electron chi connectivity index (χ0n) is 11.8. The molecule has 1 aliphatic rings. The van der Waals surface area contributed by atoms with Crippen molar-refractivity contribution in [3.8, 4) is 0 Å². The average Bonchev–Trinajstić information content (AvgIpc) is 2.92. The number of benzene rings is 1. The van der Waals surface area contributed by atoms with Gasteiger partial charge < -0.3 is 11.1 Å². The van der Waals surface area contributed by atoms with Crippen LogP contribution >= 0.6 is 0 Å². The Labute approximate surface area is 124 Å². The molecule has 0 radical (unpaired) electrons. The van der Waals surface area contributed by atoms with Crippen molar-refractivity contribution < 1.29 is 13.2 Å².